The highest BCUT2D eigenvalue weighted by Gasteiger charge is 2.32. The molecule has 0 amide bonds. The zero-order valence-electron chi connectivity index (χ0n) is 7.55. The van der Waals surface area contributed by atoms with Gasteiger partial charge in [-0.3, -0.25) is 0 Å². The molecule has 0 atom stereocenters. The summed E-state index contributed by atoms with van der Waals surface area (Å²) in [5.41, 5.74) is 4.39. The van der Waals surface area contributed by atoms with E-state index in [1.54, 1.807) is 6.07 Å². The van der Waals surface area contributed by atoms with Gasteiger partial charge in [0.15, 0.2) is 0 Å². The quantitative estimate of drug-likeness (QED) is 0.574. The van der Waals surface area contributed by atoms with Crippen molar-refractivity contribution in [3.8, 4) is 6.07 Å². The maximum absolute atomic E-state index is 12.5. The van der Waals surface area contributed by atoms with Crippen LogP contribution in [0.15, 0.2) is 24.3 Å². The smallest absolute Gasteiger partial charge is 0.399 e. The molecular formula is C10H7F3N2. The Morgan fingerprint density at radius 1 is 1.33 bits per heavy atom. The molecule has 1 aromatic carbocycles. The van der Waals surface area contributed by atoms with Gasteiger partial charge in [-0.25, -0.2) is 0 Å². The van der Waals surface area contributed by atoms with Crippen LogP contribution in [0.3, 0.4) is 0 Å². The van der Waals surface area contributed by atoms with Crippen molar-refractivity contribution in [1.29, 1.82) is 5.26 Å². The second kappa shape index (κ2) is 4.05. The first-order valence-electron chi connectivity index (χ1n) is 3.98. The van der Waals surface area contributed by atoms with E-state index in [2.05, 4.69) is 0 Å². The average Bonchev–Trinajstić information content (AvgIpc) is 2.14. The summed E-state index contributed by atoms with van der Waals surface area (Å²) in [6, 6.07) is 5.06. The number of halogens is 3. The Balaban J connectivity index is 3.28. The molecule has 0 fully saturated rings. The minimum Gasteiger partial charge on any atom is -0.399 e. The Kier molecular flexibility index (Phi) is 3.00. The van der Waals surface area contributed by atoms with Gasteiger partial charge in [0, 0.05) is 11.8 Å². The van der Waals surface area contributed by atoms with Crippen molar-refractivity contribution in [1.82, 2.24) is 0 Å². The highest BCUT2D eigenvalue weighted by atomic mass is 19.4. The number of rotatable bonds is 1. The van der Waals surface area contributed by atoms with E-state index in [4.69, 9.17) is 11.0 Å². The third-order valence-corrected chi connectivity index (χ3v) is 1.72. The minimum absolute atomic E-state index is 0.0384. The van der Waals surface area contributed by atoms with Gasteiger partial charge in [-0.05, 0) is 23.8 Å². The van der Waals surface area contributed by atoms with Crippen LogP contribution < -0.4 is 5.73 Å². The summed E-state index contributed by atoms with van der Waals surface area (Å²) in [6.45, 7) is 0. The van der Waals surface area contributed by atoms with Crippen molar-refractivity contribution in [3.05, 3.63) is 35.4 Å². The molecule has 2 N–H and O–H groups in total. The Bertz CT molecular complexity index is 427. The number of hydrogen-bond donors (Lipinski definition) is 1. The van der Waals surface area contributed by atoms with Gasteiger partial charge in [0.2, 0.25) is 0 Å². The van der Waals surface area contributed by atoms with Gasteiger partial charge >= 0.3 is 6.18 Å². The van der Waals surface area contributed by atoms with Gasteiger partial charge < -0.3 is 5.73 Å². The van der Waals surface area contributed by atoms with E-state index < -0.39 is 11.7 Å². The normalized spacial score (nSPS) is 11.6. The zero-order valence-corrected chi connectivity index (χ0v) is 7.55. The van der Waals surface area contributed by atoms with E-state index in [-0.39, 0.29) is 11.3 Å². The minimum atomic E-state index is -4.47. The zero-order chi connectivity index (χ0) is 11.5. The van der Waals surface area contributed by atoms with Crippen molar-refractivity contribution in [2.45, 2.75) is 6.18 Å². The molecule has 0 saturated heterocycles. The molecule has 2 nitrogen and oxygen atoms in total. The Morgan fingerprint density at radius 2 is 2.00 bits per heavy atom. The van der Waals surface area contributed by atoms with Gasteiger partial charge in [0.25, 0.3) is 0 Å². The fourth-order valence-electron chi connectivity index (χ4n) is 1.09. The maximum Gasteiger partial charge on any atom is 0.417 e. The molecule has 0 aliphatic rings. The number of anilines is 1. The van der Waals surface area contributed by atoms with E-state index in [9.17, 15) is 13.2 Å². The molecule has 15 heavy (non-hydrogen) atoms. The molecule has 0 bridgehead atoms. The van der Waals surface area contributed by atoms with Crippen LogP contribution >= 0.6 is 0 Å². The molecule has 0 aliphatic carbocycles. The van der Waals surface area contributed by atoms with Crippen LogP contribution in [0.25, 0.3) is 6.08 Å². The van der Waals surface area contributed by atoms with Crippen molar-refractivity contribution in [3.63, 3.8) is 0 Å². The molecule has 0 heterocycles. The lowest BCUT2D eigenvalue weighted by Crippen LogP contribution is -2.08. The molecule has 0 aromatic heterocycles. The first-order chi connectivity index (χ1) is 6.95. The van der Waals surface area contributed by atoms with Crippen molar-refractivity contribution in [2.75, 3.05) is 5.73 Å². The average molecular weight is 212 g/mol. The van der Waals surface area contributed by atoms with Crippen LogP contribution in [-0.4, -0.2) is 0 Å². The largest absolute Gasteiger partial charge is 0.417 e. The number of alkyl halides is 3. The third-order valence-electron chi connectivity index (χ3n) is 1.72. The van der Waals surface area contributed by atoms with E-state index >= 15 is 0 Å². The summed E-state index contributed by atoms with van der Waals surface area (Å²) >= 11 is 0. The summed E-state index contributed by atoms with van der Waals surface area (Å²) < 4.78 is 37.4. The molecule has 1 rings (SSSR count). The Labute approximate surface area is 84.4 Å². The van der Waals surface area contributed by atoms with Gasteiger partial charge in [0.05, 0.1) is 11.6 Å². The van der Waals surface area contributed by atoms with E-state index in [1.165, 1.54) is 12.1 Å². The summed E-state index contributed by atoms with van der Waals surface area (Å²) in [7, 11) is 0. The van der Waals surface area contributed by atoms with Crippen molar-refractivity contribution >= 4 is 11.8 Å². The molecule has 1 aromatic rings. The van der Waals surface area contributed by atoms with E-state index in [0.717, 1.165) is 18.2 Å². The number of nitriles is 1. The van der Waals surface area contributed by atoms with Crippen LogP contribution in [0.1, 0.15) is 11.1 Å². The Hall–Kier alpha value is -1.96. The molecule has 0 radical (unpaired) electrons. The van der Waals surface area contributed by atoms with E-state index in [0.29, 0.717) is 0 Å². The summed E-state index contributed by atoms with van der Waals surface area (Å²) in [4.78, 5) is 0. The molecule has 0 unspecified atom stereocenters. The Morgan fingerprint density at radius 3 is 2.53 bits per heavy atom. The number of allylic oxidation sites excluding steroid dienone is 1. The first kappa shape index (κ1) is 11.1. The monoisotopic (exact) mass is 212 g/mol. The summed E-state index contributed by atoms with van der Waals surface area (Å²) in [5.74, 6) is 0. The predicted molar refractivity (Wildman–Crippen MR) is 50.5 cm³/mol. The van der Waals surface area contributed by atoms with Gasteiger partial charge in [-0.15, -0.1) is 0 Å². The van der Waals surface area contributed by atoms with Crippen LogP contribution in [0.2, 0.25) is 0 Å². The first-order valence-corrected chi connectivity index (χ1v) is 3.98. The van der Waals surface area contributed by atoms with Crippen LogP contribution in [0, 0.1) is 11.3 Å². The molecular weight excluding hydrogens is 205 g/mol. The second-order valence-corrected chi connectivity index (χ2v) is 2.81. The third kappa shape index (κ3) is 2.74. The predicted octanol–water partition coefficient (Wildman–Crippen LogP) is 2.82. The van der Waals surface area contributed by atoms with Crippen LogP contribution in [-0.2, 0) is 6.18 Å². The highest BCUT2D eigenvalue weighted by Crippen LogP contribution is 2.33. The molecule has 78 valence electrons. The lowest BCUT2D eigenvalue weighted by atomic mass is 10.1. The van der Waals surface area contributed by atoms with Gasteiger partial charge in [0.1, 0.15) is 0 Å². The number of hydrogen-bond acceptors (Lipinski definition) is 2. The standard InChI is InChI=1S/C10H7F3N2/c11-10(12,13)9-6-8(15)4-3-7(9)2-1-5-14/h1-4,6H,15H2. The fourth-order valence-corrected chi connectivity index (χ4v) is 1.09. The molecule has 5 heteroatoms. The number of benzene rings is 1. The van der Waals surface area contributed by atoms with E-state index in [1.807, 2.05) is 0 Å². The van der Waals surface area contributed by atoms with Crippen LogP contribution in [0.4, 0.5) is 18.9 Å². The lowest BCUT2D eigenvalue weighted by Gasteiger charge is -2.10. The fraction of sp³-hybridized carbons (Fsp3) is 0.100. The van der Waals surface area contributed by atoms with Crippen molar-refractivity contribution in [2.24, 2.45) is 0 Å². The number of nitrogens with two attached hydrogens (primary N) is 1. The van der Waals surface area contributed by atoms with Gasteiger partial charge in [-0.1, -0.05) is 6.07 Å². The summed E-state index contributed by atoms with van der Waals surface area (Å²) in [6.07, 6.45) is -2.38. The second-order valence-electron chi connectivity index (χ2n) is 2.81. The highest BCUT2D eigenvalue weighted by molar-refractivity contribution is 5.60. The maximum atomic E-state index is 12.5. The van der Waals surface area contributed by atoms with Crippen LogP contribution in [0.5, 0.6) is 0 Å². The lowest BCUT2D eigenvalue weighted by molar-refractivity contribution is -0.137. The van der Waals surface area contributed by atoms with Gasteiger partial charge in [-0.2, -0.15) is 18.4 Å². The molecule has 0 aliphatic heterocycles. The molecule has 0 spiro atoms. The molecule has 0 saturated carbocycles. The SMILES string of the molecule is N#CC=Cc1ccc(N)cc1C(F)(F)F. The topological polar surface area (TPSA) is 49.8 Å². The number of nitrogens with zero attached hydrogens (tertiary/aromatic N) is 1. The van der Waals surface area contributed by atoms with Crippen molar-refractivity contribution < 1.29 is 13.2 Å². The number of nitrogen functional groups attached to an aromatic ring is 1. The summed E-state index contributed by atoms with van der Waals surface area (Å²) in [5, 5.41) is 8.23.